The molecule has 6 heteroatoms. The van der Waals surface area contributed by atoms with Gasteiger partial charge in [-0.25, -0.2) is 4.79 Å². The Morgan fingerprint density at radius 2 is 0.825 bits per heavy atom. The Hall–Kier alpha value is -1.72. The van der Waals surface area contributed by atoms with E-state index >= 15 is 0 Å². The van der Waals surface area contributed by atoms with Crippen molar-refractivity contribution < 1.29 is 28.7 Å². The zero-order valence-corrected chi connectivity index (χ0v) is 26.6. The molecule has 0 aromatic rings. The van der Waals surface area contributed by atoms with Crippen LogP contribution in [0.2, 0.25) is 0 Å². The number of hydrogen-bond donors (Lipinski definition) is 0. The number of esters is 3. The Morgan fingerprint density at radius 3 is 1.30 bits per heavy atom. The van der Waals surface area contributed by atoms with E-state index < -0.39 is 29.3 Å². The van der Waals surface area contributed by atoms with Crippen molar-refractivity contribution in [3.05, 3.63) is 0 Å². The smallest absolute Gasteiger partial charge is 0.366 e. The first kappa shape index (κ1) is 38.3. The summed E-state index contributed by atoms with van der Waals surface area (Å²) in [5.74, 6) is -2.60. The van der Waals surface area contributed by atoms with Crippen LogP contribution in [0.1, 0.15) is 188 Å². The van der Waals surface area contributed by atoms with Gasteiger partial charge in [-0.2, -0.15) is 0 Å². The molecule has 0 fully saturated rings. The first-order chi connectivity index (χ1) is 19.4. The first-order valence-electron chi connectivity index (χ1n) is 16.9. The molecule has 1 atom stereocenters. The van der Waals surface area contributed by atoms with Gasteiger partial charge in [-0.3, -0.25) is 14.4 Å². The summed E-state index contributed by atoms with van der Waals surface area (Å²) >= 11 is 0. The molecule has 0 spiro atoms. The Kier molecular flexibility index (Phi) is 25.1. The molecule has 0 heterocycles. The van der Waals surface area contributed by atoms with E-state index in [9.17, 15) is 19.2 Å². The lowest BCUT2D eigenvalue weighted by Gasteiger charge is -2.30. The van der Waals surface area contributed by atoms with Crippen molar-refractivity contribution in [2.24, 2.45) is 0 Å². The summed E-state index contributed by atoms with van der Waals surface area (Å²) in [6.45, 7) is 8.53. The van der Waals surface area contributed by atoms with Crippen LogP contribution in [0.15, 0.2) is 0 Å². The largest absolute Gasteiger partial charge is 0.439 e. The highest BCUT2D eigenvalue weighted by Crippen LogP contribution is 2.28. The minimum atomic E-state index is -2.02. The van der Waals surface area contributed by atoms with Crippen molar-refractivity contribution in [3.8, 4) is 0 Å². The minimum absolute atomic E-state index is 0.0753. The van der Waals surface area contributed by atoms with Gasteiger partial charge in [0, 0.05) is 25.7 Å². The van der Waals surface area contributed by atoms with E-state index in [1.54, 1.807) is 0 Å². The van der Waals surface area contributed by atoms with Crippen molar-refractivity contribution in [3.63, 3.8) is 0 Å². The molecule has 0 rings (SSSR count). The number of Topliss-reactive ketones (excluding diaryl/α,β-unsaturated/α-hetero) is 1. The van der Waals surface area contributed by atoms with Crippen LogP contribution in [-0.4, -0.2) is 29.3 Å². The summed E-state index contributed by atoms with van der Waals surface area (Å²) in [5, 5.41) is 0. The lowest BCUT2D eigenvalue weighted by molar-refractivity contribution is -0.190. The van der Waals surface area contributed by atoms with Crippen LogP contribution >= 0.6 is 0 Å². The molecule has 0 saturated carbocycles. The van der Waals surface area contributed by atoms with E-state index in [1.165, 1.54) is 19.3 Å². The van der Waals surface area contributed by atoms with Crippen molar-refractivity contribution in [1.29, 1.82) is 0 Å². The third-order valence-electron chi connectivity index (χ3n) is 7.63. The molecule has 0 aliphatic rings. The van der Waals surface area contributed by atoms with Crippen molar-refractivity contribution in [2.45, 2.75) is 194 Å². The van der Waals surface area contributed by atoms with Crippen LogP contribution in [-0.2, 0) is 28.7 Å². The second-order valence-corrected chi connectivity index (χ2v) is 11.5. The van der Waals surface area contributed by atoms with Gasteiger partial charge in [0.1, 0.15) is 0 Å². The van der Waals surface area contributed by atoms with Crippen molar-refractivity contribution in [1.82, 2.24) is 0 Å². The molecule has 40 heavy (non-hydrogen) atoms. The maximum Gasteiger partial charge on any atom is 0.366 e. The minimum Gasteiger partial charge on any atom is -0.439 e. The average molecular weight is 567 g/mol. The monoisotopic (exact) mass is 566 g/mol. The average Bonchev–Trinajstić information content (AvgIpc) is 2.93. The summed E-state index contributed by atoms with van der Waals surface area (Å²) in [6, 6.07) is 0. The molecule has 234 valence electrons. The van der Waals surface area contributed by atoms with E-state index in [-0.39, 0.29) is 25.7 Å². The normalized spacial score (nSPS) is 12.6. The summed E-state index contributed by atoms with van der Waals surface area (Å²) in [6.07, 6.45) is 20.7. The lowest BCUT2D eigenvalue weighted by atomic mass is 9.87. The van der Waals surface area contributed by atoms with Crippen molar-refractivity contribution >= 4 is 23.7 Å². The predicted molar refractivity (Wildman–Crippen MR) is 163 cm³/mol. The molecule has 6 nitrogen and oxygen atoms in total. The quantitative estimate of drug-likeness (QED) is 0.0532. The summed E-state index contributed by atoms with van der Waals surface area (Å²) in [4.78, 5) is 52.7. The number of rotatable bonds is 28. The Bertz CT molecular complexity index is 673. The van der Waals surface area contributed by atoms with Gasteiger partial charge in [-0.1, -0.05) is 137 Å². The molecule has 0 aromatic heterocycles. The highest BCUT2D eigenvalue weighted by molar-refractivity contribution is 6.10. The Labute approximate surface area is 246 Å². The van der Waals surface area contributed by atoms with Gasteiger partial charge in [-0.05, 0) is 25.7 Å². The summed E-state index contributed by atoms with van der Waals surface area (Å²) < 4.78 is 11.1. The lowest BCUT2D eigenvalue weighted by Crippen LogP contribution is -2.52. The Morgan fingerprint density at radius 1 is 0.450 bits per heavy atom. The third kappa shape index (κ3) is 18.6. The second kappa shape index (κ2) is 26.2. The van der Waals surface area contributed by atoms with Crippen LogP contribution in [0.5, 0.6) is 0 Å². The molecule has 0 aliphatic heterocycles. The summed E-state index contributed by atoms with van der Waals surface area (Å²) in [7, 11) is 0. The molecule has 0 saturated heterocycles. The Balaban J connectivity index is 5.46. The maximum absolute atomic E-state index is 13.6. The number of unbranched alkanes of at least 4 members (excludes halogenated alkanes) is 17. The van der Waals surface area contributed by atoms with Crippen LogP contribution in [0.3, 0.4) is 0 Å². The van der Waals surface area contributed by atoms with Gasteiger partial charge in [0.15, 0.2) is 5.78 Å². The van der Waals surface area contributed by atoms with Gasteiger partial charge >= 0.3 is 17.9 Å². The fraction of sp³-hybridized carbons (Fsp3) is 0.882. The van der Waals surface area contributed by atoms with Crippen molar-refractivity contribution in [2.75, 3.05) is 0 Å². The van der Waals surface area contributed by atoms with Gasteiger partial charge in [0.05, 0.1) is 0 Å². The fourth-order valence-corrected chi connectivity index (χ4v) is 4.98. The van der Waals surface area contributed by atoms with E-state index in [0.717, 1.165) is 89.9 Å². The number of carbonyl (C=O) groups excluding carboxylic acids is 4. The molecule has 0 amide bonds. The van der Waals surface area contributed by atoms with Gasteiger partial charge in [0.2, 0.25) is 0 Å². The molecule has 0 N–H and O–H groups in total. The maximum atomic E-state index is 13.6. The van der Waals surface area contributed by atoms with Crippen LogP contribution in [0, 0.1) is 0 Å². The SMILES string of the molecule is CCCCCCCCCC(=O)OC(=O)C(CCCCCC)(OC(=O)CCCCCCC)C(=O)CCCCCCC. The molecule has 1 unspecified atom stereocenters. The first-order valence-corrected chi connectivity index (χ1v) is 16.9. The zero-order valence-electron chi connectivity index (χ0n) is 26.6. The zero-order chi connectivity index (χ0) is 29.9. The highest BCUT2D eigenvalue weighted by Gasteiger charge is 2.50. The van der Waals surface area contributed by atoms with E-state index in [0.29, 0.717) is 25.7 Å². The standard InChI is InChI=1S/C34H62O6/c1-5-9-13-17-18-21-23-27-31(36)39-33(38)34(29-25-16-12-8-4,30(35)26-22-19-14-10-6-2)40-32(37)28-24-20-15-11-7-3/h5-29H2,1-4H3. The van der Waals surface area contributed by atoms with Crippen LogP contribution < -0.4 is 0 Å². The second-order valence-electron chi connectivity index (χ2n) is 11.5. The van der Waals surface area contributed by atoms with Crippen LogP contribution in [0.4, 0.5) is 0 Å². The van der Waals surface area contributed by atoms with Gasteiger partial charge in [0.25, 0.3) is 5.60 Å². The third-order valence-corrected chi connectivity index (χ3v) is 7.63. The van der Waals surface area contributed by atoms with E-state index in [2.05, 4.69) is 27.7 Å². The van der Waals surface area contributed by atoms with E-state index in [4.69, 9.17) is 9.47 Å². The molecule has 0 radical (unpaired) electrons. The summed E-state index contributed by atoms with van der Waals surface area (Å²) in [5.41, 5.74) is -2.02. The number of ketones is 1. The van der Waals surface area contributed by atoms with Gasteiger partial charge < -0.3 is 9.47 Å². The van der Waals surface area contributed by atoms with Crippen LogP contribution in [0.25, 0.3) is 0 Å². The highest BCUT2D eigenvalue weighted by atomic mass is 16.6. The fourth-order valence-electron chi connectivity index (χ4n) is 4.98. The number of ether oxygens (including phenoxy) is 2. The molecule has 0 aliphatic carbocycles. The molecular weight excluding hydrogens is 504 g/mol. The molecule has 0 aromatic carbocycles. The molecular formula is C34H62O6. The molecule has 0 bridgehead atoms. The topological polar surface area (TPSA) is 86.7 Å². The predicted octanol–water partition coefficient (Wildman–Crippen LogP) is 9.74. The number of hydrogen-bond acceptors (Lipinski definition) is 6. The number of carbonyl (C=O) groups is 4. The van der Waals surface area contributed by atoms with E-state index in [1.807, 2.05) is 0 Å². The van der Waals surface area contributed by atoms with Gasteiger partial charge in [-0.15, -0.1) is 0 Å².